The Morgan fingerprint density at radius 3 is 1.89 bits per heavy atom. The average molecular weight is 609 g/mol. The van der Waals surface area contributed by atoms with Crippen molar-refractivity contribution in [3.8, 4) is 27.9 Å². The molecule has 2 heteroatoms. The van der Waals surface area contributed by atoms with Gasteiger partial charge in [-0.2, -0.15) is 0 Å². The third-order valence-electron chi connectivity index (χ3n) is 11.2. The number of para-hydroxylation sites is 3. The predicted octanol–water partition coefficient (Wildman–Crippen LogP) is 12.1. The highest BCUT2D eigenvalue weighted by Gasteiger charge is 2.46. The maximum absolute atomic E-state index is 2.67. The molecule has 9 rings (SSSR count). The van der Waals surface area contributed by atoms with Crippen LogP contribution in [0, 0.1) is 5.92 Å². The SMILES string of the molecule is CC1(C)c2ccccc2N(c2ccc(-c3ccc(-c4ccc5c(c4)c4ccccc4n5-c4ccccc4)cc3)cc2)C2CCCCC21. The van der Waals surface area contributed by atoms with Gasteiger partial charge in [0.25, 0.3) is 0 Å². The summed E-state index contributed by atoms with van der Waals surface area (Å²) in [5, 5.41) is 2.56. The summed E-state index contributed by atoms with van der Waals surface area (Å²) in [6.07, 6.45) is 5.25. The van der Waals surface area contributed by atoms with Crippen LogP contribution in [-0.4, -0.2) is 10.6 Å². The molecular weight excluding hydrogens is 569 g/mol. The van der Waals surface area contributed by atoms with Crippen LogP contribution in [0.5, 0.6) is 0 Å². The lowest BCUT2D eigenvalue weighted by Gasteiger charge is -2.53. The summed E-state index contributed by atoms with van der Waals surface area (Å²) >= 11 is 0. The Balaban J connectivity index is 1.03. The standard InChI is InChI=1S/C45H40N2/c1-45(2)39-15-7-10-18-43(39)47(44-19-11-8-16-40(44)45)36-27-24-32(25-28-36)31-20-22-33(23-21-31)34-26-29-42-38(30-34)37-14-6-9-17-41(37)46(42)35-12-4-3-5-13-35/h3-7,9-10,12-15,17-18,20-30,40,44H,8,11,16,19H2,1-2H3. The van der Waals surface area contributed by atoms with Gasteiger partial charge in [-0.1, -0.05) is 124 Å². The molecule has 2 nitrogen and oxygen atoms in total. The second-order valence-corrected chi connectivity index (χ2v) is 14.1. The van der Waals surface area contributed by atoms with Crippen molar-refractivity contribution in [3.05, 3.63) is 151 Å². The fourth-order valence-electron chi connectivity index (χ4n) is 8.88. The molecule has 0 N–H and O–H groups in total. The zero-order valence-electron chi connectivity index (χ0n) is 27.2. The Labute approximate surface area is 277 Å². The molecule has 1 aromatic heterocycles. The highest BCUT2D eigenvalue weighted by molar-refractivity contribution is 6.10. The molecule has 2 heterocycles. The average Bonchev–Trinajstić information content (AvgIpc) is 3.46. The molecule has 0 saturated heterocycles. The van der Waals surface area contributed by atoms with Crippen molar-refractivity contribution < 1.29 is 0 Å². The highest BCUT2D eigenvalue weighted by Crippen LogP contribution is 2.53. The molecule has 2 atom stereocenters. The van der Waals surface area contributed by atoms with Crippen molar-refractivity contribution in [2.45, 2.75) is 51.0 Å². The van der Waals surface area contributed by atoms with Crippen molar-refractivity contribution in [1.29, 1.82) is 0 Å². The lowest BCUT2D eigenvalue weighted by atomic mass is 9.62. The monoisotopic (exact) mass is 608 g/mol. The smallest absolute Gasteiger partial charge is 0.0541 e. The van der Waals surface area contributed by atoms with Gasteiger partial charge >= 0.3 is 0 Å². The van der Waals surface area contributed by atoms with E-state index in [-0.39, 0.29) is 5.41 Å². The Hall–Kier alpha value is -5.08. The topological polar surface area (TPSA) is 8.17 Å². The van der Waals surface area contributed by atoms with Crippen LogP contribution in [-0.2, 0) is 5.41 Å². The Morgan fingerprint density at radius 2 is 1.11 bits per heavy atom. The van der Waals surface area contributed by atoms with Crippen LogP contribution in [0.25, 0.3) is 49.7 Å². The van der Waals surface area contributed by atoms with E-state index in [9.17, 15) is 0 Å². The van der Waals surface area contributed by atoms with Crippen molar-refractivity contribution in [1.82, 2.24) is 4.57 Å². The molecule has 1 saturated carbocycles. The van der Waals surface area contributed by atoms with Crippen LogP contribution in [0.1, 0.15) is 45.1 Å². The van der Waals surface area contributed by atoms with Gasteiger partial charge in [-0.25, -0.2) is 0 Å². The Bertz CT molecular complexity index is 2220. The van der Waals surface area contributed by atoms with E-state index < -0.39 is 0 Å². The van der Waals surface area contributed by atoms with E-state index in [2.05, 4.69) is 169 Å². The zero-order chi connectivity index (χ0) is 31.5. The maximum atomic E-state index is 2.67. The number of hydrogen-bond acceptors (Lipinski definition) is 1. The van der Waals surface area contributed by atoms with Gasteiger partial charge in [0.1, 0.15) is 0 Å². The van der Waals surface area contributed by atoms with Gasteiger partial charge in [0.05, 0.1) is 11.0 Å². The van der Waals surface area contributed by atoms with Crippen LogP contribution < -0.4 is 4.90 Å². The molecule has 1 aliphatic carbocycles. The zero-order valence-corrected chi connectivity index (χ0v) is 27.2. The second kappa shape index (κ2) is 11.0. The van der Waals surface area contributed by atoms with Gasteiger partial charge in [-0.3, -0.25) is 0 Å². The molecular formula is C45H40N2. The summed E-state index contributed by atoms with van der Waals surface area (Å²) in [6.45, 7) is 4.94. The molecule has 0 radical (unpaired) electrons. The predicted molar refractivity (Wildman–Crippen MR) is 199 cm³/mol. The molecule has 0 spiro atoms. The van der Waals surface area contributed by atoms with Gasteiger partial charge in [0.15, 0.2) is 0 Å². The van der Waals surface area contributed by atoms with Gasteiger partial charge in [0, 0.05) is 33.9 Å². The van der Waals surface area contributed by atoms with Crippen molar-refractivity contribution in [2.75, 3.05) is 4.90 Å². The second-order valence-electron chi connectivity index (χ2n) is 14.1. The first-order valence-electron chi connectivity index (χ1n) is 17.3. The fraction of sp³-hybridized carbons (Fsp3) is 0.200. The number of anilines is 2. The lowest BCUT2D eigenvalue weighted by Crippen LogP contribution is -2.52. The third kappa shape index (κ3) is 4.53. The van der Waals surface area contributed by atoms with Crippen LogP contribution in [0.2, 0.25) is 0 Å². The summed E-state index contributed by atoms with van der Waals surface area (Å²) in [5.41, 5.74) is 13.0. The van der Waals surface area contributed by atoms with E-state index in [1.54, 1.807) is 0 Å². The molecule has 6 aromatic carbocycles. The quantitative estimate of drug-likeness (QED) is 0.193. The van der Waals surface area contributed by atoms with Gasteiger partial charge in [0.2, 0.25) is 0 Å². The van der Waals surface area contributed by atoms with Crippen molar-refractivity contribution in [2.24, 2.45) is 5.92 Å². The number of aromatic nitrogens is 1. The largest absolute Gasteiger partial charge is 0.338 e. The van der Waals surface area contributed by atoms with Crippen molar-refractivity contribution in [3.63, 3.8) is 0 Å². The van der Waals surface area contributed by atoms with E-state index >= 15 is 0 Å². The summed E-state index contributed by atoms with van der Waals surface area (Å²) in [7, 11) is 0. The number of fused-ring (bicyclic) bond motifs is 5. The van der Waals surface area contributed by atoms with E-state index in [1.165, 1.54) is 92.4 Å². The number of hydrogen-bond donors (Lipinski definition) is 0. The van der Waals surface area contributed by atoms with E-state index in [4.69, 9.17) is 0 Å². The maximum Gasteiger partial charge on any atom is 0.0541 e. The number of rotatable bonds is 4. The van der Waals surface area contributed by atoms with Gasteiger partial charge in [-0.15, -0.1) is 0 Å². The minimum atomic E-state index is 0.198. The summed E-state index contributed by atoms with van der Waals surface area (Å²) in [4.78, 5) is 2.67. The molecule has 47 heavy (non-hydrogen) atoms. The van der Waals surface area contributed by atoms with Gasteiger partial charge < -0.3 is 9.47 Å². The Morgan fingerprint density at radius 1 is 0.511 bits per heavy atom. The minimum Gasteiger partial charge on any atom is -0.338 e. The van der Waals surface area contributed by atoms with E-state index in [0.717, 1.165) is 0 Å². The van der Waals surface area contributed by atoms with Crippen LogP contribution >= 0.6 is 0 Å². The summed E-state index contributed by atoms with van der Waals surface area (Å²) < 4.78 is 2.37. The summed E-state index contributed by atoms with van der Waals surface area (Å²) in [6, 6.07) is 54.4. The molecule has 2 aliphatic rings. The highest BCUT2D eigenvalue weighted by atomic mass is 15.2. The Kier molecular flexibility index (Phi) is 6.61. The number of nitrogens with zero attached hydrogens (tertiary/aromatic N) is 2. The fourth-order valence-corrected chi connectivity index (χ4v) is 8.88. The van der Waals surface area contributed by atoms with Gasteiger partial charge in [-0.05, 0) is 101 Å². The molecule has 7 aromatic rings. The van der Waals surface area contributed by atoms with E-state index in [1.807, 2.05) is 0 Å². The third-order valence-corrected chi connectivity index (χ3v) is 11.2. The number of benzene rings is 6. The first-order chi connectivity index (χ1) is 23.1. The molecule has 1 aliphatic heterocycles. The summed E-state index contributed by atoms with van der Waals surface area (Å²) in [5.74, 6) is 0.674. The molecule has 1 fully saturated rings. The van der Waals surface area contributed by atoms with Crippen LogP contribution in [0.3, 0.4) is 0 Å². The molecule has 0 bridgehead atoms. The first-order valence-corrected chi connectivity index (χ1v) is 17.3. The molecule has 0 amide bonds. The first kappa shape index (κ1) is 28.2. The molecule has 2 unspecified atom stereocenters. The molecule has 230 valence electrons. The van der Waals surface area contributed by atoms with Crippen LogP contribution in [0.15, 0.2) is 146 Å². The van der Waals surface area contributed by atoms with E-state index in [0.29, 0.717) is 12.0 Å². The van der Waals surface area contributed by atoms with Crippen molar-refractivity contribution >= 4 is 33.2 Å². The van der Waals surface area contributed by atoms with Crippen LogP contribution in [0.4, 0.5) is 11.4 Å². The normalized spacial score (nSPS) is 18.6. The minimum absolute atomic E-state index is 0.198. The lowest BCUT2D eigenvalue weighted by molar-refractivity contribution is 0.190.